The van der Waals surface area contributed by atoms with Gasteiger partial charge in [0.25, 0.3) is 0 Å². The first kappa shape index (κ1) is 20.6. The lowest BCUT2D eigenvalue weighted by Crippen LogP contribution is -2.48. The smallest absolute Gasteiger partial charge is 0.226 e. The molecular formula is C13H28ClN3O3S. The van der Waals surface area contributed by atoms with Gasteiger partial charge in [0.2, 0.25) is 15.9 Å². The Morgan fingerprint density at radius 3 is 2.62 bits per heavy atom. The van der Waals surface area contributed by atoms with Gasteiger partial charge in [0.1, 0.15) is 0 Å². The summed E-state index contributed by atoms with van der Waals surface area (Å²) < 4.78 is 24.7. The fraction of sp³-hybridized carbons (Fsp3) is 0.923. The summed E-state index contributed by atoms with van der Waals surface area (Å²) >= 11 is 0. The van der Waals surface area contributed by atoms with Crippen LogP contribution in [0.1, 0.15) is 32.6 Å². The first-order valence-corrected chi connectivity index (χ1v) is 9.14. The number of nitrogens with one attached hydrogen (secondary N) is 2. The second-order valence-corrected chi connectivity index (χ2v) is 7.43. The zero-order chi connectivity index (χ0) is 15.2. The van der Waals surface area contributed by atoms with Crippen molar-refractivity contribution in [2.45, 2.75) is 38.6 Å². The summed E-state index contributed by atoms with van der Waals surface area (Å²) in [5.41, 5.74) is 0. The van der Waals surface area contributed by atoms with Crippen molar-refractivity contribution < 1.29 is 13.2 Å². The molecule has 1 aliphatic heterocycles. The van der Waals surface area contributed by atoms with Crippen LogP contribution in [0.5, 0.6) is 0 Å². The van der Waals surface area contributed by atoms with Crippen LogP contribution < -0.4 is 10.0 Å². The molecule has 0 spiro atoms. The molecule has 8 heteroatoms. The Balaban J connectivity index is 0.00000400. The van der Waals surface area contributed by atoms with Gasteiger partial charge in [0.15, 0.2) is 0 Å². The van der Waals surface area contributed by atoms with Crippen LogP contribution in [-0.2, 0) is 14.8 Å². The Kier molecular flexibility index (Phi) is 9.44. The molecule has 0 aliphatic carbocycles. The van der Waals surface area contributed by atoms with E-state index in [1.54, 1.807) is 0 Å². The lowest BCUT2D eigenvalue weighted by Gasteiger charge is -2.37. The molecule has 0 bridgehead atoms. The fourth-order valence-electron chi connectivity index (χ4n) is 2.68. The number of hydrogen-bond donors (Lipinski definition) is 2. The Labute approximate surface area is 134 Å². The average molecular weight is 342 g/mol. The SMILES string of the molecule is CNCC(C)C(=O)N1CCCCC1CCNS(C)(=O)=O.Cl. The fourth-order valence-corrected chi connectivity index (χ4v) is 3.17. The van der Waals surface area contributed by atoms with Crippen molar-refractivity contribution in [3.8, 4) is 0 Å². The van der Waals surface area contributed by atoms with E-state index in [0.717, 1.165) is 32.1 Å². The molecule has 1 aliphatic rings. The van der Waals surface area contributed by atoms with Gasteiger partial charge in [-0.25, -0.2) is 13.1 Å². The first-order chi connectivity index (χ1) is 9.35. The van der Waals surface area contributed by atoms with Crippen LogP contribution in [-0.4, -0.2) is 58.2 Å². The second kappa shape index (κ2) is 9.61. The Bertz CT molecular complexity index is 417. The van der Waals surface area contributed by atoms with Gasteiger partial charge in [-0.1, -0.05) is 6.92 Å². The van der Waals surface area contributed by atoms with Gasteiger partial charge in [0, 0.05) is 31.6 Å². The lowest BCUT2D eigenvalue weighted by atomic mass is 9.97. The number of carbonyl (C=O) groups excluding carboxylic acids is 1. The standard InChI is InChI=1S/C13H27N3O3S.ClH/c1-11(10-14-2)13(17)16-9-5-4-6-12(16)7-8-15-20(3,18)19;/h11-12,14-15H,4-10H2,1-3H3;1H. The highest BCUT2D eigenvalue weighted by Crippen LogP contribution is 2.21. The molecule has 2 unspecified atom stereocenters. The molecule has 0 aromatic heterocycles. The van der Waals surface area contributed by atoms with Crippen LogP contribution >= 0.6 is 12.4 Å². The van der Waals surface area contributed by atoms with Crippen LogP contribution in [0.4, 0.5) is 0 Å². The quantitative estimate of drug-likeness (QED) is 0.710. The highest BCUT2D eigenvalue weighted by atomic mass is 35.5. The molecule has 1 heterocycles. The third-order valence-electron chi connectivity index (χ3n) is 3.68. The van der Waals surface area contributed by atoms with Crippen LogP contribution in [0.15, 0.2) is 0 Å². The van der Waals surface area contributed by atoms with E-state index < -0.39 is 10.0 Å². The predicted molar refractivity (Wildman–Crippen MR) is 87.2 cm³/mol. The summed E-state index contributed by atoms with van der Waals surface area (Å²) in [5.74, 6) is 0.131. The normalized spacial score (nSPS) is 20.7. The summed E-state index contributed by atoms with van der Waals surface area (Å²) in [7, 11) is -1.31. The number of sulfonamides is 1. The van der Waals surface area contributed by atoms with Crippen LogP contribution in [0, 0.1) is 5.92 Å². The van der Waals surface area contributed by atoms with E-state index in [0.29, 0.717) is 19.5 Å². The number of piperidine rings is 1. The molecule has 0 aromatic rings. The van der Waals surface area contributed by atoms with Gasteiger partial charge in [-0.3, -0.25) is 4.79 Å². The minimum Gasteiger partial charge on any atom is -0.339 e. The van der Waals surface area contributed by atoms with Crippen molar-refractivity contribution in [1.82, 2.24) is 14.9 Å². The van der Waals surface area contributed by atoms with Crippen LogP contribution in [0.3, 0.4) is 0 Å². The Hall–Kier alpha value is -0.370. The monoisotopic (exact) mass is 341 g/mol. The number of halogens is 1. The maximum atomic E-state index is 12.4. The molecule has 1 fully saturated rings. The zero-order valence-electron chi connectivity index (χ0n) is 13.1. The number of carbonyl (C=O) groups is 1. The molecule has 0 aromatic carbocycles. The molecule has 0 saturated carbocycles. The van der Waals surface area contributed by atoms with Crippen molar-refractivity contribution in [2.24, 2.45) is 5.92 Å². The summed E-state index contributed by atoms with van der Waals surface area (Å²) in [5, 5.41) is 3.03. The number of amides is 1. The molecule has 6 nitrogen and oxygen atoms in total. The third-order valence-corrected chi connectivity index (χ3v) is 4.41. The predicted octanol–water partition coefficient (Wildman–Crippen LogP) is 0.584. The van der Waals surface area contributed by atoms with E-state index in [-0.39, 0.29) is 30.3 Å². The van der Waals surface area contributed by atoms with Crippen molar-refractivity contribution in [3.63, 3.8) is 0 Å². The summed E-state index contributed by atoms with van der Waals surface area (Å²) in [6.07, 6.45) is 4.95. The molecule has 21 heavy (non-hydrogen) atoms. The number of rotatable bonds is 7. The number of nitrogens with zero attached hydrogens (tertiary/aromatic N) is 1. The molecule has 1 amide bonds. The van der Waals surface area contributed by atoms with Crippen molar-refractivity contribution in [3.05, 3.63) is 0 Å². The van der Waals surface area contributed by atoms with E-state index in [1.165, 1.54) is 0 Å². The van der Waals surface area contributed by atoms with Gasteiger partial charge >= 0.3 is 0 Å². The molecule has 126 valence electrons. The maximum Gasteiger partial charge on any atom is 0.226 e. The Morgan fingerprint density at radius 1 is 1.38 bits per heavy atom. The van der Waals surface area contributed by atoms with Gasteiger partial charge in [-0.15, -0.1) is 12.4 Å². The Morgan fingerprint density at radius 2 is 2.05 bits per heavy atom. The number of likely N-dealkylation sites (tertiary alicyclic amines) is 1. The van der Waals surface area contributed by atoms with Gasteiger partial charge in [0.05, 0.1) is 6.26 Å². The molecule has 1 saturated heterocycles. The van der Waals surface area contributed by atoms with E-state index in [1.807, 2.05) is 18.9 Å². The molecule has 2 atom stereocenters. The number of hydrogen-bond acceptors (Lipinski definition) is 4. The second-order valence-electron chi connectivity index (χ2n) is 5.60. The van der Waals surface area contributed by atoms with E-state index in [9.17, 15) is 13.2 Å². The third kappa shape index (κ3) is 7.44. The molecule has 0 radical (unpaired) electrons. The lowest BCUT2D eigenvalue weighted by molar-refractivity contribution is -0.138. The summed E-state index contributed by atoms with van der Waals surface area (Å²) in [6, 6.07) is 0.157. The largest absolute Gasteiger partial charge is 0.339 e. The van der Waals surface area contributed by atoms with Crippen LogP contribution in [0.25, 0.3) is 0 Å². The zero-order valence-corrected chi connectivity index (χ0v) is 14.7. The van der Waals surface area contributed by atoms with Gasteiger partial charge in [-0.05, 0) is 32.7 Å². The summed E-state index contributed by atoms with van der Waals surface area (Å²) in [4.78, 5) is 14.3. The van der Waals surface area contributed by atoms with Crippen LogP contribution in [0.2, 0.25) is 0 Å². The van der Waals surface area contributed by atoms with Crippen molar-refractivity contribution >= 4 is 28.3 Å². The first-order valence-electron chi connectivity index (χ1n) is 7.25. The van der Waals surface area contributed by atoms with Gasteiger partial charge < -0.3 is 10.2 Å². The minimum atomic E-state index is -3.15. The van der Waals surface area contributed by atoms with E-state index in [4.69, 9.17) is 0 Å². The van der Waals surface area contributed by atoms with Crippen molar-refractivity contribution in [2.75, 3.05) is 32.9 Å². The summed E-state index contributed by atoms with van der Waals surface area (Å²) in [6.45, 7) is 3.78. The topological polar surface area (TPSA) is 78.5 Å². The van der Waals surface area contributed by atoms with Gasteiger partial charge in [-0.2, -0.15) is 0 Å². The van der Waals surface area contributed by atoms with E-state index >= 15 is 0 Å². The minimum absolute atomic E-state index is 0. The van der Waals surface area contributed by atoms with Crippen molar-refractivity contribution in [1.29, 1.82) is 0 Å². The highest BCUT2D eigenvalue weighted by molar-refractivity contribution is 7.88. The molecular weight excluding hydrogens is 314 g/mol. The molecule has 1 rings (SSSR count). The highest BCUT2D eigenvalue weighted by Gasteiger charge is 2.29. The van der Waals surface area contributed by atoms with E-state index in [2.05, 4.69) is 10.0 Å². The average Bonchev–Trinajstić information content (AvgIpc) is 2.37. The maximum absolute atomic E-state index is 12.4. The molecule has 2 N–H and O–H groups in total.